The number of hydrogen-bond donors (Lipinski definition) is 1. The first kappa shape index (κ1) is 20.8. The van der Waals surface area contributed by atoms with E-state index in [4.69, 9.17) is 0 Å². The molecule has 1 aliphatic rings. The molecular weight excluding hydrogens is 403 g/mol. The van der Waals surface area contributed by atoms with Crippen LogP contribution in [0.4, 0.5) is 15.8 Å². The molecular formula is C18H19FN4O5S. The number of halogens is 1. The van der Waals surface area contributed by atoms with Crippen LogP contribution in [0.15, 0.2) is 53.4 Å². The molecule has 11 heteroatoms. The number of nitrogens with zero attached hydrogens (tertiary/aromatic N) is 3. The molecule has 1 saturated heterocycles. The maximum Gasteiger partial charge on any atom is 0.289 e. The van der Waals surface area contributed by atoms with Gasteiger partial charge in [-0.1, -0.05) is 24.3 Å². The molecule has 9 nitrogen and oxygen atoms in total. The van der Waals surface area contributed by atoms with Gasteiger partial charge in [-0.15, -0.1) is 0 Å². The zero-order chi connectivity index (χ0) is 21.0. The third kappa shape index (κ3) is 4.75. The molecule has 0 radical (unpaired) electrons. The SMILES string of the molecule is O=C(CN1CCN(S(=O)(=O)c2ccccc2[N+](=O)[O-])CC1)Nc1ccccc1F. The molecule has 1 heterocycles. The van der Waals surface area contributed by atoms with Crippen molar-refractivity contribution in [2.75, 3.05) is 38.0 Å². The van der Waals surface area contributed by atoms with E-state index in [9.17, 15) is 27.7 Å². The highest BCUT2D eigenvalue weighted by atomic mass is 32.2. The van der Waals surface area contributed by atoms with Crippen LogP contribution in [0.2, 0.25) is 0 Å². The summed E-state index contributed by atoms with van der Waals surface area (Å²) in [4.78, 5) is 23.9. The molecule has 0 unspecified atom stereocenters. The smallest absolute Gasteiger partial charge is 0.289 e. The lowest BCUT2D eigenvalue weighted by atomic mass is 10.3. The van der Waals surface area contributed by atoms with Gasteiger partial charge in [-0.05, 0) is 18.2 Å². The quantitative estimate of drug-likeness (QED) is 0.560. The number of carbonyl (C=O) groups is 1. The summed E-state index contributed by atoms with van der Waals surface area (Å²) in [6.07, 6.45) is 0. The summed E-state index contributed by atoms with van der Waals surface area (Å²) >= 11 is 0. The molecule has 0 atom stereocenters. The highest BCUT2D eigenvalue weighted by Crippen LogP contribution is 2.26. The van der Waals surface area contributed by atoms with Crippen LogP contribution in [0.5, 0.6) is 0 Å². The Balaban J connectivity index is 1.61. The topological polar surface area (TPSA) is 113 Å². The van der Waals surface area contributed by atoms with Crippen molar-refractivity contribution in [1.29, 1.82) is 0 Å². The molecule has 29 heavy (non-hydrogen) atoms. The van der Waals surface area contributed by atoms with Gasteiger partial charge in [0.15, 0.2) is 4.90 Å². The highest BCUT2D eigenvalue weighted by Gasteiger charge is 2.33. The van der Waals surface area contributed by atoms with Gasteiger partial charge >= 0.3 is 0 Å². The molecule has 3 rings (SSSR count). The first-order chi connectivity index (χ1) is 13.8. The van der Waals surface area contributed by atoms with Gasteiger partial charge in [0.05, 0.1) is 17.2 Å². The van der Waals surface area contributed by atoms with Crippen LogP contribution in [0.25, 0.3) is 0 Å². The molecule has 1 amide bonds. The third-order valence-corrected chi connectivity index (χ3v) is 6.47. The van der Waals surface area contributed by atoms with Gasteiger partial charge in [-0.25, -0.2) is 12.8 Å². The molecule has 2 aromatic carbocycles. The lowest BCUT2D eigenvalue weighted by Crippen LogP contribution is -2.50. The second-order valence-electron chi connectivity index (χ2n) is 6.43. The van der Waals surface area contributed by atoms with E-state index in [0.717, 1.165) is 6.07 Å². The Morgan fingerprint density at radius 2 is 1.69 bits per heavy atom. The summed E-state index contributed by atoms with van der Waals surface area (Å²) in [6, 6.07) is 11.0. The molecule has 0 aliphatic carbocycles. The molecule has 154 valence electrons. The predicted octanol–water partition coefficient (Wildman–Crippen LogP) is 1.68. The van der Waals surface area contributed by atoms with Crippen molar-refractivity contribution in [2.45, 2.75) is 4.90 Å². The second kappa shape index (κ2) is 8.64. The predicted molar refractivity (Wildman–Crippen MR) is 103 cm³/mol. The zero-order valence-corrected chi connectivity index (χ0v) is 16.1. The number of sulfonamides is 1. The standard InChI is InChI=1S/C18H19FN4O5S/c19-14-5-1-2-6-15(14)20-18(24)13-21-9-11-22(12-10-21)29(27,28)17-8-4-3-7-16(17)23(25)26/h1-8H,9-13H2,(H,20,24). The average molecular weight is 422 g/mol. The van der Waals surface area contributed by atoms with E-state index in [1.54, 1.807) is 11.0 Å². The highest BCUT2D eigenvalue weighted by molar-refractivity contribution is 7.89. The number of anilines is 1. The first-order valence-corrected chi connectivity index (χ1v) is 10.2. The molecule has 0 bridgehead atoms. The van der Waals surface area contributed by atoms with Gasteiger partial charge in [-0.3, -0.25) is 19.8 Å². The maximum atomic E-state index is 13.6. The van der Waals surface area contributed by atoms with Crippen molar-refractivity contribution in [3.63, 3.8) is 0 Å². The molecule has 2 aromatic rings. The normalized spacial score (nSPS) is 15.8. The molecule has 0 saturated carbocycles. The first-order valence-electron chi connectivity index (χ1n) is 8.79. The number of rotatable bonds is 6. The van der Waals surface area contributed by atoms with Crippen LogP contribution in [0.3, 0.4) is 0 Å². The van der Waals surface area contributed by atoms with Gasteiger partial charge in [0.25, 0.3) is 5.69 Å². The van der Waals surface area contributed by atoms with Gasteiger partial charge in [0.2, 0.25) is 15.9 Å². The summed E-state index contributed by atoms with van der Waals surface area (Å²) in [5, 5.41) is 13.6. The number of para-hydroxylation sites is 2. The lowest BCUT2D eigenvalue weighted by molar-refractivity contribution is -0.387. The number of carbonyl (C=O) groups excluding carboxylic acids is 1. The minimum atomic E-state index is -4.03. The van der Waals surface area contributed by atoms with E-state index in [1.165, 1.54) is 40.7 Å². The summed E-state index contributed by atoms with van der Waals surface area (Å²) in [5.41, 5.74) is -0.394. The summed E-state index contributed by atoms with van der Waals surface area (Å²) in [7, 11) is -4.03. The monoisotopic (exact) mass is 422 g/mol. The van der Waals surface area contributed by atoms with E-state index < -0.39 is 32.4 Å². The lowest BCUT2D eigenvalue weighted by Gasteiger charge is -2.33. The molecule has 0 spiro atoms. The largest absolute Gasteiger partial charge is 0.322 e. The van der Waals surface area contributed by atoms with Crippen LogP contribution in [0, 0.1) is 15.9 Å². The van der Waals surface area contributed by atoms with Crippen LogP contribution in [0.1, 0.15) is 0 Å². The summed E-state index contributed by atoms with van der Waals surface area (Å²) < 4.78 is 40.4. The van der Waals surface area contributed by atoms with Crippen LogP contribution < -0.4 is 5.32 Å². The van der Waals surface area contributed by atoms with Gasteiger partial charge in [0.1, 0.15) is 5.82 Å². The molecule has 0 aromatic heterocycles. The zero-order valence-electron chi connectivity index (χ0n) is 15.3. The summed E-state index contributed by atoms with van der Waals surface area (Å²) in [6.45, 7) is 0.686. The van der Waals surface area contributed by atoms with Gasteiger partial charge < -0.3 is 5.32 Å². The maximum absolute atomic E-state index is 13.6. The number of nitro groups is 1. The van der Waals surface area contributed by atoms with Gasteiger partial charge in [-0.2, -0.15) is 4.31 Å². The number of amides is 1. The molecule has 1 N–H and O–H groups in total. The number of hydrogen-bond acceptors (Lipinski definition) is 6. The summed E-state index contributed by atoms with van der Waals surface area (Å²) in [5.74, 6) is -0.952. The van der Waals surface area contributed by atoms with E-state index >= 15 is 0 Å². The number of nitro benzene ring substituents is 1. The Bertz CT molecular complexity index is 1020. The van der Waals surface area contributed by atoms with E-state index in [0.29, 0.717) is 0 Å². The van der Waals surface area contributed by atoms with Crippen LogP contribution >= 0.6 is 0 Å². The van der Waals surface area contributed by atoms with Crippen molar-refractivity contribution in [3.05, 3.63) is 64.5 Å². The Morgan fingerprint density at radius 3 is 2.34 bits per heavy atom. The van der Waals surface area contributed by atoms with E-state index in [2.05, 4.69) is 5.32 Å². The van der Waals surface area contributed by atoms with Crippen molar-refractivity contribution in [2.24, 2.45) is 0 Å². The average Bonchev–Trinajstić information content (AvgIpc) is 2.70. The molecule has 1 fully saturated rings. The van der Waals surface area contributed by atoms with Crippen molar-refractivity contribution in [3.8, 4) is 0 Å². The Morgan fingerprint density at radius 1 is 1.07 bits per heavy atom. The Kier molecular flexibility index (Phi) is 6.20. The van der Waals surface area contributed by atoms with E-state index in [-0.39, 0.29) is 43.3 Å². The number of nitrogens with one attached hydrogen (secondary N) is 1. The fraction of sp³-hybridized carbons (Fsp3) is 0.278. The van der Waals surface area contributed by atoms with Crippen molar-refractivity contribution < 1.29 is 22.5 Å². The number of piperazine rings is 1. The molecule has 1 aliphatic heterocycles. The van der Waals surface area contributed by atoms with Crippen molar-refractivity contribution >= 4 is 27.3 Å². The minimum absolute atomic E-state index is 0.0201. The third-order valence-electron chi connectivity index (χ3n) is 4.53. The van der Waals surface area contributed by atoms with Crippen LogP contribution in [-0.2, 0) is 14.8 Å². The fourth-order valence-corrected chi connectivity index (χ4v) is 4.63. The minimum Gasteiger partial charge on any atom is -0.322 e. The Labute approximate surface area is 166 Å². The fourth-order valence-electron chi connectivity index (χ4n) is 3.05. The Hall–Kier alpha value is -2.89. The van der Waals surface area contributed by atoms with Crippen LogP contribution in [-0.4, -0.2) is 61.2 Å². The van der Waals surface area contributed by atoms with Crippen molar-refractivity contribution in [1.82, 2.24) is 9.21 Å². The van der Waals surface area contributed by atoms with Gasteiger partial charge in [0, 0.05) is 32.2 Å². The number of benzene rings is 2. The van der Waals surface area contributed by atoms with E-state index in [1.807, 2.05) is 0 Å². The second-order valence-corrected chi connectivity index (χ2v) is 8.34.